The molecule has 48 valence electrons. The van der Waals surface area contributed by atoms with E-state index in [0.717, 1.165) is 0 Å². The van der Waals surface area contributed by atoms with Crippen LogP contribution >= 0.6 is 0 Å². The molecule has 0 aliphatic heterocycles. The molecule has 0 saturated carbocycles. The van der Waals surface area contributed by atoms with Crippen molar-refractivity contribution in [2.75, 3.05) is 0 Å². The zero-order valence-corrected chi connectivity index (χ0v) is 7.27. The molecule has 0 aliphatic rings. The smallest absolute Gasteiger partial charge is 0.281 e. The summed E-state index contributed by atoms with van der Waals surface area (Å²) in [6.07, 6.45) is 0. The summed E-state index contributed by atoms with van der Waals surface area (Å²) in [5.74, 6) is 0. The average molecular weight is 296 g/mol. The molecule has 0 aromatic heterocycles. The first-order chi connectivity index (χ1) is 4.00. The van der Waals surface area contributed by atoms with Gasteiger partial charge in [0.25, 0.3) is 6.79 Å². The monoisotopic (exact) mass is 298 g/mol. The number of rotatable bonds is 0. The maximum Gasteiger partial charge on any atom is 0.281 e. The largest absolute Gasteiger partial charge is 0.281 e. The van der Waals surface area contributed by atoms with Crippen LogP contribution in [0.5, 0.6) is 0 Å². The molecule has 2 heteroatoms. The Morgan fingerprint density at radius 1 is 0.667 bits per heavy atom. The minimum absolute atomic E-state index is 0. The SMILES string of the molecule is [C]=O.[Os].c1ccccc1. The second-order valence-electron chi connectivity index (χ2n) is 1.15. The van der Waals surface area contributed by atoms with Gasteiger partial charge in [-0.2, -0.15) is 0 Å². The predicted molar refractivity (Wildman–Crippen MR) is 32.1 cm³/mol. The fourth-order valence-corrected chi connectivity index (χ4v) is 0.385. The molecule has 0 heterocycles. The number of hydrogen-bond donors (Lipinski definition) is 0. The molecule has 0 atom stereocenters. The van der Waals surface area contributed by atoms with E-state index in [1.54, 1.807) is 0 Å². The topological polar surface area (TPSA) is 17.1 Å². The molecule has 0 amide bonds. The fraction of sp³-hybridized carbons (Fsp3) is 0. The van der Waals surface area contributed by atoms with Crippen LogP contribution in [0, 0.1) is 0 Å². The maximum absolute atomic E-state index is 7.50. The number of carbonyl (C=O) groups excluding carboxylic acids is 1. The summed E-state index contributed by atoms with van der Waals surface area (Å²) in [5, 5.41) is 0. The van der Waals surface area contributed by atoms with Gasteiger partial charge in [0.1, 0.15) is 0 Å². The summed E-state index contributed by atoms with van der Waals surface area (Å²) in [6.45, 7) is 4.50. The molecule has 1 aromatic rings. The van der Waals surface area contributed by atoms with E-state index in [1.165, 1.54) is 0 Å². The van der Waals surface area contributed by atoms with Gasteiger partial charge in [-0.1, -0.05) is 36.4 Å². The third-order valence-electron chi connectivity index (χ3n) is 0.667. The van der Waals surface area contributed by atoms with E-state index < -0.39 is 0 Å². The molecular formula is C7H6OOs. The Kier molecular flexibility index (Phi) is 13.2. The van der Waals surface area contributed by atoms with Gasteiger partial charge in [0.2, 0.25) is 0 Å². The van der Waals surface area contributed by atoms with Gasteiger partial charge in [0.05, 0.1) is 0 Å². The van der Waals surface area contributed by atoms with Crippen LogP contribution in [0.15, 0.2) is 36.4 Å². The molecule has 9 heavy (non-hydrogen) atoms. The van der Waals surface area contributed by atoms with E-state index >= 15 is 0 Å². The van der Waals surface area contributed by atoms with Crippen LogP contribution in [0.1, 0.15) is 0 Å². The molecule has 0 N–H and O–H groups in total. The zero-order chi connectivity index (χ0) is 6.24. The van der Waals surface area contributed by atoms with Crippen LogP contribution in [-0.4, -0.2) is 6.79 Å². The first-order valence-electron chi connectivity index (χ1n) is 2.20. The zero-order valence-electron chi connectivity index (χ0n) is 4.73. The third kappa shape index (κ3) is 7.53. The van der Waals surface area contributed by atoms with Crippen molar-refractivity contribution in [3.63, 3.8) is 0 Å². The first-order valence-corrected chi connectivity index (χ1v) is 2.20. The van der Waals surface area contributed by atoms with E-state index in [4.69, 9.17) is 4.79 Å². The molecule has 1 rings (SSSR count). The van der Waals surface area contributed by atoms with Crippen molar-refractivity contribution >= 4 is 6.79 Å². The molecule has 0 spiro atoms. The summed E-state index contributed by atoms with van der Waals surface area (Å²) in [6, 6.07) is 12.0. The molecule has 0 aliphatic carbocycles. The second-order valence-corrected chi connectivity index (χ2v) is 1.15. The van der Waals surface area contributed by atoms with Crippen molar-refractivity contribution in [3.8, 4) is 0 Å². The van der Waals surface area contributed by atoms with Crippen molar-refractivity contribution in [2.45, 2.75) is 0 Å². The first kappa shape index (κ1) is 11.3. The second kappa shape index (κ2) is 10.5. The van der Waals surface area contributed by atoms with Crippen molar-refractivity contribution in [1.82, 2.24) is 0 Å². The Bertz CT molecular complexity index is 91.8. The fourth-order valence-electron chi connectivity index (χ4n) is 0.385. The van der Waals surface area contributed by atoms with E-state index in [2.05, 4.69) is 6.79 Å². The van der Waals surface area contributed by atoms with Crippen LogP contribution in [0.2, 0.25) is 0 Å². The third-order valence-corrected chi connectivity index (χ3v) is 0.667. The number of hydrogen-bond acceptors (Lipinski definition) is 1. The van der Waals surface area contributed by atoms with Crippen LogP contribution in [0.3, 0.4) is 0 Å². The van der Waals surface area contributed by atoms with Gasteiger partial charge in [-0.15, -0.1) is 0 Å². The van der Waals surface area contributed by atoms with E-state index in [-0.39, 0.29) is 19.8 Å². The molecule has 0 unspecified atom stereocenters. The van der Waals surface area contributed by atoms with Gasteiger partial charge in [-0.05, 0) is 0 Å². The van der Waals surface area contributed by atoms with Gasteiger partial charge in [-0.3, -0.25) is 4.79 Å². The van der Waals surface area contributed by atoms with Gasteiger partial charge in [0.15, 0.2) is 0 Å². The summed E-state index contributed by atoms with van der Waals surface area (Å²) in [7, 11) is 0. The minimum atomic E-state index is 0. The summed E-state index contributed by atoms with van der Waals surface area (Å²) >= 11 is 0. The standard InChI is InChI=1S/C6H6.CO.Os/c1-2-4-6-5-3-1;1-2;/h1-6H;;. The number of benzene rings is 1. The molecule has 1 aromatic carbocycles. The molecule has 0 bridgehead atoms. The van der Waals surface area contributed by atoms with E-state index in [1.807, 2.05) is 36.4 Å². The Morgan fingerprint density at radius 2 is 0.778 bits per heavy atom. The summed E-state index contributed by atoms with van der Waals surface area (Å²) in [5.41, 5.74) is 0. The Balaban J connectivity index is 0. The Morgan fingerprint density at radius 3 is 0.889 bits per heavy atom. The molecular weight excluding hydrogens is 290 g/mol. The van der Waals surface area contributed by atoms with Crippen molar-refractivity contribution < 1.29 is 24.6 Å². The van der Waals surface area contributed by atoms with Crippen molar-refractivity contribution in [1.29, 1.82) is 0 Å². The molecule has 2 radical (unpaired) electrons. The van der Waals surface area contributed by atoms with Crippen LogP contribution in [0.4, 0.5) is 0 Å². The van der Waals surface area contributed by atoms with E-state index in [0.29, 0.717) is 0 Å². The Hall–Kier alpha value is -0.474. The van der Waals surface area contributed by atoms with Gasteiger partial charge < -0.3 is 0 Å². The van der Waals surface area contributed by atoms with Crippen molar-refractivity contribution in [3.05, 3.63) is 36.4 Å². The van der Waals surface area contributed by atoms with E-state index in [9.17, 15) is 0 Å². The van der Waals surface area contributed by atoms with Crippen molar-refractivity contribution in [2.24, 2.45) is 0 Å². The predicted octanol–water partition coefficient (Wildman–Crippen LogP) is 1.29. The van der Waals surface area contributed by atoms with Crippen LogP contribution < -0.4 is 0 Å². The summed E-state index contributed by atoms with van der Waals surface area (Å²) in [4.78, 5) is 7.50. The van der Waals surface area contributed by atoms with Gasteiger partial charge in [0, 0.05) is 19.8 Å². The average Bonchev–Trinajstić information content (AvgIpc) is 1.96. The quantitative estimate of drug-likeness (QED) is 0.705. The van der Waals surface area contributed by atoms with Gasteiger partial charge in [-0.25, -0.2) is 0 Å². The van der Waals surface area contributed by atoms with Crippen LogP contribution in [0.25, 0.3) is 0 Å². The minimum Gasteiger partial charge on any atom is -0.281 e. The summed E-state index contributed by atoms with van der Waals surface area (Å²) < 4.78 is 0. The molecule has 1 nitrogen and oxygen atoms in total. The van der Waals surface area contributed by atoms with Gasteiger partial charge >= 0.3 is 0 Å². The van der Waals surface area contributed by atoms with Crippen LogP contribution in [-0.2, 0) is 24.6 Å². The maximum atomic E-state index is 7.50. The molecule has 0 saturated heterocycles. The Labute approximate surface area is 68.1 Å². The normalized spacial score (nSPS) is 5.78. The molecule has 0 fully saturated rings.